The van der Waals surface area contributed by atoms with Crippen molar-refractivity contribution < 1.29 is 26.7 Å². The van der Waals surface area contributed by atoms with Crippen LogP contribution >= 0.6 is 11.6 Å². The maximum absolute atomic E-state index is 14.7. The normalized spacial score (nSPS) is 38.1. The molecular formula is C21H23ClF2N2O4S. The lowest BCUT2D eigenvalue weighted by Crippen LogP contribution is -2.68. The summed E-state index contributed by atoms with van der Waals surface area (Å²) in [6.07, 6.45) is 5.03. The summed E-state index contributed by atoms with van der Waals surface area (Å²) in [5.41, 5.74) is 0.0864. The summed E-state index contributed by atoms with van der Waals surface area (Å²) in [6.45, 7) is -0.163. The van der Waals surface area contributed by atoms with Crippen LogP contribution in [-0.4, -0.2) is 44.5 Å². The first kappa shape index (κ1) is 20.2. The zero-order valence-electron chi connectivity index (χ0n) is 16.7. The molecule has 1 N–H and O–H groups in total. The van der Waals surface area contributed by atoms with Gasteiger partial charge in [0.1, 0.15) is 17.7 Å². The molecule has 4 saturated carbocycles. The van der Waals surface area contributed by atoms with Crippen LogP contribution in [0.15, 0.2) is 12.1 Å². The number of hydrogen-bond acceptors (Lipinski definition) is 4. The lowest BCUT2D eigenvalue weighted by molar-refractivity contribution is -0.254. The van der Waals surface area contributed by atoms with Crippen LogP contribution in [0.1, 0.15) is 42.5 Å². The Morgan fingerprint density at radius 1 is 1.23 bits per heavy atom. The van der Waals surface area contributed by atoms with Crippen LogP contribution in [0.5, 0.6) is 5.75 Å². The summed E-state index contributed by atoms with van der Waals surface area (Å²) >= 11 is 6.26. The van der Waals surface area contributed by atoms with E-state index in [4.69, 9.17) is 16.3 Å². The molecule has 1 spiro atoms. The fourth-order valence-electron chi connectivity index (χ4n) is 7.50. The molecule has 5 atom stereocenters. The Bertz CT molecular complexity index is 1100. The van der Waals surface area contributed by atoms with Crippen molar-refractivity contribution in [3.8, 4) is 5.75 Å². The second kappa shape index (κ2) is 6.32. The van der Waals surface area contributed by atoms with Gasteiger partial charge in [0, 0.05) is 24.6 Å². The van der Waals surface area contributed by atoms with Gasteiger partial charge in [0.05, 0.1) is 17.2 Å². The van der Waals surface area contributed by atoms with Gasteiger partial charge in [-0.05, 0) is 61.3 Å². The van der Waals surface area contributed by atoms with E-state index in [-0.39, 0.29) is 29.3 Å². The highest BCUT2D eigenvalue weighted by Crippen LogP contribution is 2.86. The topological polar surface area (TPSA) is 75.7 Å². The minimum absolute atomic E-state index is 0.0507. The van der Waals surface area contributed by atoms with Gasteiger partial charge in [0.2, 0.25) is 0 Å². The lowest BCUT2D eigenvalue weighted by Gasteiger charge is -2.72. The molecule has 5 fully saturated rings. The summed E-state index contributed by atoms with van der Waals surface area (Å²) in [5.74, 6) is 0.490. The molecule has 1 aliphatic heterocycles. The molecule has 1 aromatic rings. The SMILES string of the molecule is O=C(NS(=O)(=O)N1CC(F)C1)c1cc(Cl)c(OCC23CC4CC5CC(C2)C53C4)cc1F. The van der Waals surface area contributed by atoms with E-state index in [2.05, 4.69) is 0 Å². The number of amides is 1. The Hall–Kier alpha value is -1.45. The van der Waals surface area contributed by atoms with E-state index in [0.717, 1.165) is 47.0 Å². The van der Waals surface area contributed by atoms with Crippen LogP contribution in [0, 0.1) is 34.4 Å². The van der Waals surface area contributed by atoms with Crippen LogP contribution < -0.4 is 9.46 Å². The summed E-state index contributed by atoms with van der Waals surface area (Å²) in [7, 11) is -4.23. The van der Waals surface area contributed by atoms with Gasteiger partial charge >= 0.3 is 10.2 Å². The number of benzene rings is 1. The van der Waals surface area contributed by atoms with Crippen LogP contribution in [-0.2, 0) is 10.2 Å². The van der Waals surface area contributed by atoms with Crippen molar-refractivity contribution in [1.29, 1.82) is 0 Å². The Kier molecular flexibility index (Phi) is 4.11. The Morgan fingerprint density at radius 2 is 2.00 bits per heavy atom. The number of carbonyl (C=O) groups excluding carboxylic acids is 1. The second-order valence-corrected chi connectivity index (χ2v) is 12.1. The zero-order chi connectivity index (χ0) is 21.8. The van der Waals surface area contributed by atoms with Crippen molar-refractivity contribution in [3.63, 3.8) is 0 Å². The number of carbonyl (C=O) groups is 1. The van der Waals surface area contributed by atoms with E-state index in [0.29, 0.717) is 12.0 Å². The summed E-state index contributed by atoms with van der Waals surface area (Å²) in [6, 6.07) is 2.12. The maximum atomic E-state index is 14.7. The number of rotatable bonds is 6. The summed E-state index contributed by atoms with van der Waals surface area (Å²) in [4.78, 5) is 12.3. The van der Waals surface area contributed by atoms with Crippen molar-refractivity contribution in [2.75, 3.05) is 19.7 Å². The van der Waals surface area contributed by atoms with Crippen molar-refractivity contribution in [3.05, 3.63) is 28.5 Å². The third-order valence-corrected chi connectivity index (χ3v) is 10.4. The minimum atomic E-state index is -4.23. The number of ether oxygens (including phenoxy) is 1. The fraction of sp³-hybridized carbons (Fsp3) is 0.667. The molecule has 1 amide bonds. The number of nitrogens with zero attached hydrogens (tertiary/aromatic N) is 1. The Labute approximate surface area is 184 Å². The highest BCUT2D eigenvalue weighted by molar-refractivity contribution is 7.87. The molecule has 6 rings (SSSR count). The highest BCUT2D eigenvalue weighted by atomic mass is 35.5. The second-order valence-electron chi connectivity index (χ2n) is 10.1. The van der Waals surface area contributed by atoms with E-state index in [9.17, 15) is 22.0 Å². The third-order valence-electron chi connectivity index (χ3n) is 8.71. The predicted molar refractivity (Wildman–Crippen MR) is 108 cm³/mol. The van der Waals surface area contributed by atoms with Gasteiger partial charge in [-0.25, -0.2) is 13.5 Å². The zero-order valence-corrected chi connectivity index (χ0v) is 18.3. The van der Waals surface area contributed by atoms with Crippen LogP contribution in [0.3, 0.4) is 0 Å². The fourth-order valence-corrected chi connectivity index (χ4v) is 8.91. The molecule has 6 nitrogen and oxygen atoms in total. The average molecular weight is 473 g/mol. The predicted octanol–water partition coefficient (Wildman–Crippen LogP) is 3.31. The highest BCUT2D eigenvalue weighted by Gasteiger charge is 2.80. The monoisotopic (exact) mass is 472 g/mol. The molecule has 1 saturated heterocycles. The quantitative estimate of drug-likeness (QED) is 0.689. The first-order chi connectivity index (χ1) is 14.6. The van der Waals surface area contributed by atoms with Crippen LogP contribution in [0.4, 0.5) is 8.78 Å². The van der Waals surface area contributed by atoms with Crippen molar-refractivity contribution >= 4 is 27.7 Å². The number of halogens is 3. The van der Waals surface area contributed by atoms with E-state index in [1.54, 1.807) is 4.72 Å². The standard InChI is InChI=1S/C21H23ClF2N2O4S/c22-16-3-15(19(27)25-31(28,29)26-8-14(23)9-26)17(24)4-18(16)30-10-20-5-11-1-12-2-13(7-20)21(12,20)6-11/h3-4,11-14H,1-2,5-10H2,(H,25,27). The largest absolute Gasteiger partial charge is 0.491 e. The molecule has 1 aromatic carbocycles. The van der Waals surface area contributed by atoms with Gasteiger partial charge in [-0.1, -0.05) is 11.6 Å². The van der Waals surface area contributed by atoms with Gasteiger partial charge in [0.25, 0.3) is 5.91 Å². The molecule has 2 bridgehead atoms. The van der Waals surface area contributed by atoms with Crippen molar-refractivity contribution in [2.24, 2.45) is 28.6 Å². The number of fused-ring (bicyclic) bond motifs is 1. The molecule has 4 aliphatic carbocycles. The maximum Gasteiger partial charge on any atom is 0.304 e. The smallest absolute Gasteiger partial charge is 0.304 e. The molecule has 10 heteroatoms. The minimum Gasteiger partial charge on any atom is -0.491 e. The number of hydrogen-bond donors (Lipinski definition) is 1. The van der Waals surface area contributed by atoms with Gasteiger partial charge in [-0.3, -0.25) is 4.79 Å². The van der Waals surface area contributed by atoms with Crippen LogP contribution in [0.2, 0.25) is 5.02 Å². The number of alkyl halides is 1. The van der Waals surface area contributed by atoms with Gasteiger partial charge in [-0.2, -0.15) is 12.7 Å². The first-order valence-corrected chi connectivity index (χ1v) is 12.5. The first-order valence-electron chi connectivity index (χ1n) is 10.7. The van der Waals surface area contributed by atoms with Gasteiger partial charge in [-0.15, -0.1) is 0 Å². The van der Waals surface area contributed by atoms with Gasteiger partial charge < -0.3 is 4.74 Å². The lowest BCUT2D eigenvalue weighted by atomic mass is 9.32. The molecule has 0 aromatic heterocycles. The average Bonchev–Trinajstić information content (AvgIpc) is 3.14. The molecule has 5 unspecified atom stereocenters. The van der Waals surface area contributed by atoms with E-state index in [1.807, 2.05) is 0 Å². The van der Waals surface area contributed by atoms with Gasteiger partial charge in [0.15, 0.2) is 0 Å². The van der Waals surface area contributed by atoms with Crippen LogP contribution in [0.25, 0.3) is 0 Å². The number of nitrogens with one attached hydrogen (secondary N) is 1. The Balaban J connectivity index is 1.16. The van der Waals surface area contributed by atoms with Crippen molar-refractivity contribution in [2.45, 2.75) is 38.3 Å². The molecule has 1 heterocycles. The molecule has 0 radical (unpaired) electrons. The third kappa shape index (κ3) is 2.63. The van der Waals surface area contributed by atoms with E-state index >= 15 is 0 Å². The van der Waals surface area contributed by atoms with E-state index in [1.165, 1.54) is 19.3 Å². The summed E-state index contributed by atoms with van der Waals surface area (Å²) < 4.78 is 60.2. The Morgan fingerprint density at radius 3 is 2.68 bits per heavy atom. The molecule has 31 heavy (non-hydrogen) atoms. The molecule has 168 valence electrons. The molecular weight excluding hydrogens is 450 g/mol. The molecule has 5 aliphatic rings. The van der Waals surface area contributed by atoms with E-state index < -0.39 is 33.7 Å². The van der Waals surface area contributed by atoms with Crippen molar-refractivity contribution in [1.82, 2.24) is 9.03 Å². The summed E-state index contributed by atoms with van der Waals surface area (Å²) in [5, 5.41) is 0.0507.